The first-order chi connectivity index (χ1) is 16.2. The highest BCUT2D eigenvalue weighted by atomic mass is 32.1. The third kappa shape index (κ3) is 4.49. The number of hydrogen-bond acceptors (Lipinski definition) is 6. The van der Waals surface area contributed by atoms with Gasteiger partial charge in [-0.15, -0.1) is 11.3 Å². The molecule has 1 aliphatic heterocycles. The molecule has 34 heavy (non-hydrogen) atoms. The molecule has 1 aliphatic rings. The van der Waals surface area contributed by atoms with Gasteiger partial charge < -0.3 is 9.64 Å². The zero-order valence-electron chi connectivity index (χ0n) is 20.6. The van der Waals surface area contributed by atoms with E-state index >= 15 is 0 Å². The molecule has 0 unspecified atom stereocenters. The van der Waals surface area contributed by atoms with Crippen LogP contribution in [-0.2, 0) is 16.1 Å². The standard InChI is InChI=1S/C26H33N3O4S/c1-6-33-25(31)22-14-28(9-7-19(22)21-13-15(2)16(3)17(4)18(21)5)10-11-29-24(30)20-8-12-34-23(20)27-26(29)32/h8,12-13,19,22H,6-7,9-11,14H2,1-5H3,(H,27,32)/t19-,22-/m0/s1. The first-order valence-corrected chi connectivity index (χ1v) is 12.8. The fourth-order valence-corrected chi connectivity index (χ4v) is 5.90. The van der Waals surface area contributed by atoms with Crippen molar-refractivity contribution in [2.45, 2.75) is 53.5 Å². The number of nitrogens with zero attached hydrogens (tertiary/aromatic N) is 2. The van der Waals surface area contributed by atoms with Crippen molar-refractivity contribution in [3.05, 3.63) is 66.2 Å². The topological polar surface area (TPSA) is 84.4 Å². The molecule has 1 aromatic carbocycles. The first kappa shape index (κ1) is 24.4. The maximum absolute atomic E-state index is 13.0. The summed E-state index contributed by atoms with van der Waals surface area (Å²) in [6, 6.07) is 3.98. The van der Waals surface area contributed by atoms with Crippen LogP contribution >= 0.6 is 11.3 Å². The molecule has 182 valence electrons. The molecule has 0 bridgehead atoms. The fourth-order valence-electron chi connectivity index (χ4n) is 5.13. The first-order valence-electron chi connectivity index (χ1n) is 11.9. The number of piperidine rings is 1. The van der Waals surface area contributed by atoms with Crippen LogP contribution in [0, 0.1) is 33.6 Å². The molecule has 0 radical (unpaired) electrons. The van der Waals surface area contributed by atoms with Crippen molar-refractivity contribution in [3.8, 4) is 0 Å². The summed E-state index contributed by atoms with van der Waals surface area (Å²) in [6.07, 6.45) is 0.821. The SMILES string of the molecule is CCOC(=O)[C@H]1CN(CCn2c(=O)[nH]c3sccc3c2=O)CC[C@H]1c1cc(C)c(C)c(C)c1C. The molecule has 1 N–H and O–H groups in total. The number of ether oxygens (including phenoxy) is 1. The molecule has 3 aromatic rings. The van der Waals surface area contributed by atoms with Gasteiger partial charge in [0, 0.05) is 19.6 Å². The molecular weight excluding hydrogens is 450 g/mol. The predicted octanol–water partition coefficient (Wildman–Crippen LogP) is 3.65. The van der Waals surface area contributed by atoms with Crippen LogP contribution < -0.4 is 11.2 Å². The number of aromatic nitrogens is 2. The number of carbonyl (C=O) groups is 1. The Morgan fingerprint density at radius 2 is 1.91 bits per heavy atom. The second-order valence-electron chi connectivity index (χ2n) is 9.26. The molecule has 7 nitrogen and oxygen atoms in total. The number of rotatable bonds is 6. The lowest BCUT2D eigenvalue weighted by Crippen LogP contribution is -2.46. The molecule has 0 amide bonds. The number of aromatic amines is 1. The van der Waals surface area contributed by atoms with Gasteiger partial charge >= 0.3 is 11.7 Å². The minimum atomic E-state index is -0.391. The van der Waals surface area contributed by atoms with E-state index in [1.807, 2.05) is 6.92 Å². The maximum Gasteiger partial charge on any atom is 0.329 e. The number of thiophene rings is 1. The van der Waals surface area contributed by atoms with E-state index < -0.39 is 5.69 Å². The fraction of sp³-hybridized carbons (Fsp3) is 0.500. The lowest BCUT2D eigenvalue weighted by Gasteiger charge is -2.38. The van der Waals surface area contributed by atoms with Crippen LogP contribution in [0.3, 0.4) is 0 Å². The lowest BCUT2D eigenvalue weighted by atomic mass is 9.76. The Labute approximate surface area is 203 Å². The quantitative estimate of drug-likeness (QED) is 0.541. The second-order valence-corrected chi connectivity index (χ2v) is 10.2. The molecule has 0 saturated carbocycles. The van der Waals surface area contributed by atoms with Gasteiger partial charge in [-0.25, -0.2) is 4.79 Å². The molecule has 2 aromatic heterocycles. The van der Waals surface area contributed by atoms with Gasteiger partial charge in [-0.05, 0) is 92.8 Å². The molecule has 2 atom stereocenters. The number of likely N-dealkylation sites (tertiary alicyclic amines) is 1. The van der Waals surface area contributed by atoms with Crippen molar-refractivity contribution in [1.82, 2.24) is 14.5 Å². The van der Waals surface area contributed by atoms with E-state index in [0.717, 1.165) is 13.0 Å². The van der Waals surface area contributed by atoms with E-state index in [0.29, 0.717) is 29.9 Å². The van der Waals surface area contributed by atoms with Gasteiger partial charge in [0.25, 0.3) is 5.56 Å². The van der Waals surface area contributed by atoms with E-state index in [1.54, 1.807) is 11.4 Å². The number of carbonyl (C=O) groups excluding carboxylic acids is 1. The molecule has 1 saturated heterocycles. The Kier molecular flexibility index (Phi) is 7.09. The third-order valence-corrected chi connectivity index (χ3v) is 8.28. The summed E-state index contributed by atoms with van der Waals surface area (Å²) < 4.78 is 6.73. The predicted molar refractivity (Wildman–Crippen MR) is 136 cm³/mol. The number of H-pyrrole nitrogens is 1. The van der Waals surface area contributed by atoms with E-state index in [9.17, 15) is 14.4 Å². The largest absolute Gasteiger partial charge is 0.466 e. The van der Waals surface area contributed by atoms with Crippen LogP contribution in [0.5, 0.6) is 0 Å². The van der Waals surface area contributed by atoms with Crippen molar-refractivity contribution in [2.75, 3.05) is 26.2 Å². The van der Waals surface area contributed by atoms with Gasteiger partial charge in [0.15, 0.2) is 0 Å². The zero-order chi connectivity index (χ0) is 24.6. The molecule has 0 spiro atoms. The maximum atomic E-state index is 13.0. The van der Waals surface area contributed by atoms with Crippen molar-refractivity contribution in [1.29, 1.82) is 0 Å². The summed E-state index contributed by atoms with van der Waals surface area (Å²) in [5, 5.41) is 2.34. The molecule has 3 heterocycles. The molecule has 4 rings (SSSR count). The summed E-state index contributed by atoms with van der Waals surface area (Å²) in [6.45, 7) is 12.9. The zero-order valence-corrected chi connectivity index (χ0v) is 21.4. The highest BCUT2D eigenvalue weighted by Crippen LogP contribution is 2.38. The molecular formula is C26H33N3O4S. The number of hydrogen-bond donors (Lipinski definition) is 1. The Bertz CT molecular complexity index is 1340. The number of fused-ring (bicyclic) bond motifs is 1. The van der Waals surface area contributed by atoms with E-state index in [4.69, 9.17) is 4.74 Å². The Balaban J connectivity index is 1.57. The minimum Gasteiger partial charge on any atom is -0.466 e. The van der Waals surface area contributed by atoms with E-state index in [1.165, 1.54) is 43.7 Å². The highest BCUT2D eigenvalue weighted by molar-refractivity contribution is 7.16. The number of esters is 1. The van der Waals surface area contributed by atoms with Crippen LogP contribution in [0.4, 0.5) is 0 Å². The number of benzene rings is 1. The highest BCUT2D eigenvalue weighted by Gasteiger charge is 2.37. The summed E-state index contributed by atoms with van der Waals surface area (Å²) in [5.74, 6) is -0.382. The van der Waals surface area contributed by atoms with Crippen LogP contribution in [0.2, 0.25) is 0 Å². The van der Waals surface area contributed by atoms with E-state index in [2.05, 4.69) is 43.6 Å². The summed E-state index contributed by atoms with van der Waals surface area (Å²) in [5.41, 5.74) is 5.64. The van der Waals surface area contributed by atoms with Crippen LogP contribution in [0.1, 0.15) is 47.1 Å². The third-order valence-electron chi connectivity index (χ3n) is 7.45. The van der Waals surface area contributed by atoms with Gasteiger partial charge in [0.2, 0.25) is 0 Å². The number of nitrogens with one attached hydrogen (secondary N) is 1. The Morgan fingerprint density at radius 1 is 1.15 bits per heavy atom. The molecule has 0 aliphatic carbocycles. The van der Waals surface area contributed by atoms with Gasteiger partial charge in [-0.2, -0.15) is 0 Å². The van der Waals surface area contributed by atoms with Gasteiger partial charge in [-0.1, -0.05) is 6.07 Å². The van der Waals surface area contributed by atoms with E-state index in [-0.39, 0.29) is 29.9 Å². The van der Waals surface area contributed by atoms with Crippen molar-refractivity contribution < 1.29 is 9.53 Å². The van der Waals surface area contributed by atoms with Crippen LogP contribution in [-0.4, -0.2) is 46.7 Å². The second kappa shape index (κ2) is 9.88. The summed E-state index contributed by atoms with van der Waals surface area (Å²) >= 11 is 1.35. The minimum absolute atomic E-state index is 0.0848. The van der Waals surface area contributed by atoms with Gasteiger partial charge in [-0.3, -0.25) is 19.1 Å². The molecule has 8 heteroatoms. The van der Waals surface area contributed by atoms with Crippen molar-refractivity contribution in [3.63, 3.8) is 0 Å². The summed E-state index contributed by atoms with van der Waals surface area (Å²) in [7, 11) is 0. The van der Waals surface area contributed by atoms with Crippen LogP contribution in [0.15, 0.2) is 27.1 Å². The average molecular weight is 484 g/mol. The number of aryl methyl sites for hydroxylation is 1. The Morgan fingerprint density at radius 3 is 2.65 bits per heavy atom. The lowest BCUT2D eigenvalue weighted by molar-refractivity contribution is -0.150. The van der Waals surface area contributed by atoms with Crippen molar-refractivity contribution in [2.24, 2.45) is 5.92 Å². The monoisotopic (exact) mass is 483 g/mol. The average Bonchev–Trinajstić information content (AvgIpc) is 3.28. The van der Waals surface area contributed by atoms with Gasteiger partial charge in [0.05, 0.1) is 17.9 Å². The summed E-state index contributed by atoms with van der Waals surface area (Å²) in [4.78, 5) is 43.8. The normalized spacial score (nSPS) is 19.0. The Hall–Kier alpha value is -2.71. The van der Waals surface area contributed by atoms with Crippen molar-refractivity contribution >= 4 is 27.5 Å². The smallest absolute Gasteiger partial charge is 0.329 e. The van der Waals surface area contributed by atoms with Crippen LogP contribution in [0.25, 0.3) is 10.2 Å². The van der Waals surface area contributed by atoms with Gasteiger partial charge in [0.1, 0.15) is 4.83 Å². The molecule has 1 fully saturated rings.